The summed E-state index contributed by atoms with van der Waals surface area (Å²) in [4.78, 5) is 2.71. The van der Waals surface area contributed by atoms with E-state index in [1.165, 1.54) is 25.8 Å². The molecule has 0 radical (unpaired) electrons. The van der Waals surface area contributed by atoms with Gasteiger partial charge in [0.05, 0.1) is 0 Å². The highest BCUT2D eigenvalue weighted by atomic mass is 15.1. The van der Waals surface area contributed by atoms with E-state index in [0.717, 1.165) is 12.9 Å². The van der Waals surface area contributed by atoms with Crippen LogP contribution in [0.25, 0.3) is 0 Å². The molecule has 76 valence electrons. The summed E-state index contributed by atoms with van der Waals surface area (Å²) in [6, 6.07) is 0.856. The largest absolute Gasteiger partial charge is 0.339 e. The van der Waals surface area contributed by atoms with Gasteiger partial charge in [0.25, 0.3) is 0 Å². The van der Waals surface area contributed by atoms with Crippen LogP contribution in [0.5, 0.6) is 0 Å². The SMILES string of the molecule is CCC1CCCN1B(C)C(C)(C)C. The molecule has 1 rings (SSSR count). The van der Waals surface area contributed by atoms with Gasteiger partial charge in [0.2, 0.25) is 6.85 Å². The van der Waals surface area contributed by atoms with Gasteiger partial charge in [-0.25, -0.2) is 0 Å². The lowest BCUT2D eigenvalue weighted by molar-refractivity contribution is 0.377. The van der Waals surface area contributed by atoms with Gasteiger partial charge in [-0.15, -0.1) is 0 Å². The summed E-state index contributed by atoms with van der Waals surface area (Å²) in [6.07, 6.45) is 4.14. The van der Waals surface area contributed by atoms with Crippen molar-refractivity contribution in [2.45, 2.75) is 65.1 Å². The second-order valence-corrected chi connectivity index (χ2v) is 5.48. The number of hydrogen-bond donors (Lipinski definition) is 0. The fraction of sp³-hybridized carbons (Fsp3) is 1.00. The maximum Gasteiger partial charge on any atom is 0.225 e. The van der Waals surface area contributed by atoms with E-state index in [2.05, 4.69) is 39.3 Å². The van der Waals surface area contributed by atoms with E-state index in [1.807, 2.05) is 0 Å². The van der Waals surface area contributed by atoms with E-state index in [4.69, 9.17) is 0 Å². The lowest BCUT2D eigenvalue weighted by atomic mass is 9.44. The lowest BCUT2D eigenvalue weighted by Gasteiger charge is -2.36. The molecule has 1 aliphatic heterocycles. The van der Waals surface area contributed by atoms with Gasteiger partial charge in [-0.3, -0.25) is 0 Å². The Labute approximate surface area is 84.0 Å². The van der Waals surface area contributed by atoms with Crippen LogP contribution in [-0.2, 0) is 0 Å². The molecule has 0 bridgehead atoms. The summed E-state index contributed by atoms with van der Waals surface area (Å²) in [7, 11) is 0. The van der Waals surface area contributed by atoms with Crippen LogP contribution in [0.1, 0.15) is 47.0 Å². The van der Waals surface area contributed by atoms with Gasteiger partial charge < -0.3 is 4.81 Å². The molecular weight excluding hydrogens is 157 g/mol. The third-order valence-corrected chi connectivity index (χ3v) is 3.64. The van der Waals surface area contributed by atoms with Crippen molar-refractivity contribution in [2.24, 2.45) is 0 Å². The van der Waals surface area contributed by atoms with Crippen molar-refractivity contribution in [1.29, 1.82) is 0 Å². The molecule has 1 saturated heterocycles. The highest BCUT2D eigenvalue weighted by molar-refractivity contribution is 6.57. The quantitative estimate of drug-likeness (QED) is 0.591. The predicted octanol–water partition coefficient (Wildman–Crippen LogP) is 3.28. The molecular formula is C11H24BN. The van der Waals surface area contributed by atoms with E-state index in [9.17, 15) is 0 Å². The van der Waals surface area contributed by atoms with Crippen LogP contribution in [0.3, 0.4) is 0 Å². The first-order chi connectivity index (χ1) is 5.96. The van der Waals surface area contributed by atoms with Gasteiger partial charge in [0, 0.05) is 0 Å². The van der Waals surface area contributed by atoms with Crippen LogP contribution in [0.4, 0.5) is 0 Å². The second kappa shape index (κ2) is 4.04. The molecule has 1 unspecified atom stereocenters. The molecule has 0 aromatic heterocycles. The molecule has 1 nitrogen and oxygen atoms in total. The molecule has 0 aromatic rings. The molecule has 0 aromatic carbocycles. The minimum atomic E-state index is 0.428. The average Bonchev–Trinajstić information content (AvgIpc) is 2.48. The number of rotatable bonds is 2. The highest BCUT2D eigenvalue weighted by Crippen LogP contribution is 2.33. The molecule has 1 atom stereocenters. The van der Waals surface area contributed by atoms with Crippen molar-refractivity contribution in [3.8, 4) is 0 Å². The summed E-state index contributed by atoms with van der Waals surface area (Å²) in [6.45, 7) is 13.8. The first kappa shape index (κ1) is 11.1. The van der Waals surface area contributed by atoms with Crippen LogP contribution >= 0.6 is 0 Å². The van der Waals surface area contributed by atoms with Crippen LogP contribution in [0, 0.1) is 0 Å². The molecule has 1 fully saturated rings. The van der Waals surface area contributed by atoms with E-state index < -0.39 is 0 Å². The minimum absolute atomic E-state index is 0.428. The van der Waals surface area contributed by atoms with E-state index in [-0.39, 0.29) is 0 Å². The Hall–Kier alpha value is 0.0249. The highest BCUT2D eigenvalue weighted by Gasteiger charge is 2.35. The minimum Gasteiger partial charge on any atom is -0.339 e. The van der Waals surface area contributed by atoms with Gasteiger partial charge in [-0.1, -0.05) is 34.5 Å². The maximum atomic E-state index is 2.71. The predicted molar refractivity (Wildman–Crippen MR) is 61.4 cm³/mol. The summed E-state index contributed by atoms with van der Waals surface area (Å²) in [5, 5.41) is 0.428. The number of hydrogen-bond acceptors (Lipinski definition) is 1. The van der Waals surface area contributed by atoms with Crippen LogP contribution in [0.2, 0.25) is 12.1 Å². The molecule has 2 heteroatoms. The van der Waals surface area contributed by atoms with E-state index >= 15 is 0 Å². The zero-order chi connectivity index (χ0) is 10.1. The van der Waals surface area contributed by atoms with Gasteiger partial charge in [-0.05, 0) is 37.2 Å². The summed E-state index contributed by atoms with van der Waals surface area (Å²) in [5.41, 5.74) is 0. The molecule has 0 aliphatic carbocycles. The topological polar surface area (TPSA) is 3.24 Å². The fourth-order valence-electron chi connectivity index (χ4n) is 2.30. The fourth-order valence-corrected chi connectivity index (χ4v) is 2.30. The van der Waals surface area contributed by atoms with Crippen LogP contribution in [-0.4, -0.2) is 24.2 Å². The molecule has 0 amide bonds. The first-order valence-electron chi connectivity index (χ1n) is 5.72. The van der Waals surface area contributed by atoms with Gasteiger partial charge in [0.1, 0.15) is 0 Å². The Morgan fingerprint density at radius 1 is 1.38 bits per heavy atom. The normalized spacial score (nSPS) is 25.2. The van der Waals surface area contributed by atoms with Crippen molar-refractivity contribution in [2.75, 3.05) is 6.54 Å². The smallest absolute Gasteiger partial charge is 0.225 e. The van der Waals surface area contributed by atoms with Crippen molar-refractivity contribution in [3.05, 3.63) is 0 Å². The third-order valence-electron chi connectivity index (χ3n) is 3.64. The lowest BCUT2D eigenvalue weighted by Crippen LogP contribution is -2.45. The number of nitrogens with zero attached hydrogens (tertiary/aromatic N) is 1. The van der Waals surface area contributed by atoms with Gasteiger partial charge in [-0.2, -0.15) is 0 Å². The standard InChI is InChI=1S/C11H24BN/c1-6-10-8-7-9-13(10)12(5)11(2,3)4/h10H,6-9H2,1-5H3. The zero-order valence-electron chi connectivity index (χ0n) is 9.93. The van der Waals surface area contributed by atoms with Gasteiger partial charge in [0.15, 0.2) is 0 Å². The Morgan fingerprint density at radius 2 is 2.00 bits per heavy atom. The zero-order valence-corrected chi connectivity index (χ0v) is 9.93. The van der Waals surface area contributed by atoms with Crippen LogP contribution < -0.4 is 0 Å². The summed E-state index contributed by atoms with van der Waals surface area (Å²) < 4.78 is 0. The molecule has 0 saturated carbocycles. The monoisotopic (exact) mass is 181 g/mol. The Bertz CT molecular complexity index is 162. The maximum absolute atomic E-state index is 2.71. The molecule has 0 N–H and O–H groups in total. The Balaban J connectivity index is 2.60. The van der Waals surface area contributed by atoms with E-state index in [0.29, 0.717) is 5.31 Å². The van der Waals surface area contributed by atoms with Crippen molar-refractivity contribution in [3.63, 3.8) is 0 Å². The molecule has 0 spiro atoms. The van der Waals surface area contributed by atoms with Crippen molar-refractivity contribution < 1.29 is 0 Å². The molecule has 1 aliphatic rings. The molecule has 1 heterocycles. The summed E-state index contributed by atoms with van der Waals surface area (Å²) >= 11 is 0. The van der Waals surface area contributed by atoms with Crippen molar-refractivity contribution in [1.82, 2.24) is 4.81 Å². The van der Waals surface area contributed by atoms with Gasteiger partial charge >= 0.3 is 0 Å². The Kier molecular flexibility index (Phi) is 3.45. The molecule has 13 heavy (non-hydrogen) atoms. The van der Waals surface area contributed by atoms with Crippen LogP contribution in [0.15, 0.2) is 0 Å². The van der Waals surface area contributed by atoms with E-state index in [1.54, 1.807) is 0 Å². The van der Waals surface area contributed by atoms with Crippen molar-refractivity contribution >= 4 is 6.85 Å². The third kappa shape index (κ3) is 2.49. The Morgan fingerprint density at radius 3 is 2.46 bits per heavy atom. The first-order valence-corrected chi connectivity index (χ1v) is 5.72. The second-order valence-electron chi connectivity index (χ2n) is 5.48. The summed E-state index contributed by atoms with van der Waals surface area (Å²) in [5.74, 6) is 0. The average molecular weight is 181 g/mol.